The Morgan fingerprint density at radius 2 is 1.55 bits per heavy atom. The summed E-state index contributed by atoms with van der Waals surface area (Å²) in [5.41, 5.74) is 2.08. The zero-order chi connectivity index (χ0) is 20.5. The van der Waals surface area contributed by atoms with E-state index in [1.807, 2.05) is 42.5 Å². The van der Waals surface area contributed by atoms with Gasteiger partial charge in [-0.05, 0) is 42.0 Å². The van der Waals surface area contributed by atoms with Gasteiger partial charge in [0, 0.05) is 12.1 Å². The lowest BCUT2D eigenvalue weighted by atomic mass is 10.2. The third-order valence-corrected chi connectivity index (χ3v) is 4.17. The van der Waals surface area contributed by atoms with Crippen molar-refractivity contribution in [1.29, 1.82) is 0 Å². The predicted octanol–water partition coefficient (Wildman–Crippen LogP) is 3.64. The molecule has 0 unspecified atom stereocenters. The molecule has 148 valence electrons. The number of rotatable bonds is 8. The number of benzene rings is 3. The second-order valence-corrected chi connectivity index (χ2v) is 6.23. The molecule has 0 saturated heterocycles. The fourth-order valence-electron chi connectivity index (χ4n) is 2.64. The summed E-state index contributed by atoms with van der Waals surface area (Å²) < 4.78 is 10.7. The molecule has 0 aliphatic heterocycles. The van der Waals surface area contributed by atoms with Crippen LogP contribution in [0, 0.1) is 0 Å². The van der Waals surface area contributed by atoms with Gasteiger partial charge in [-0.3, -0.25) is 9.59 Å². The van der Waals surface area contributed by atoms with Crippen molar-refractivity contribution in [3.05, 3.63) is 90.0 Å². The molecular formula is C23H22N2O4. The molecule has 3 aromatic carbocycles. The molecule has 0 saturated carbocycles. The quantitative estimate of drug-likeness (QED) is 0.616. The second-order valence-electron chi connectivity index (χ2n) is 6.23. The first-order chi connectivity index (χ1) is 14.2. The summed E-state index contributed by atoms with van der Waals surface area (Å²) in [6, 6.07) is 23.4. The molecule has 0 aliphatic rings. The monoisotopic (exact) mass is 390 g/mol. The van der Waals surface area contributed by atoms with E-state index in [0.29, 0.717) is 29.3 Å². The maximum atomic E-state index is 12.4. The standard InChI is InChI=1S/C23H22N2O4/c1-28-21-10-6-5-9-20(21)25-23(27)18-11-13-19(14-12-18)29-16-22(26)24-15-17-7-3-2-4-8-17/h2-14H,15-16H2,1H3,(H,24,26)(H,25,27). The highest BCUT2D eigenvalue weighted by Crippen LogP contribution is 2.24. The minimum Gasteiger partial charge on any atom is -0.495 e. The van der Waals surface area contributed by atoms with E-state index in [2.05, 4.69) is 10.6 Å². The summed E-state index contributed by atoms with van der Waals surface area (Å²) in [4.78, 5) is 24.3. The molecule has 0 aromatic heterocycles. The van der Waals surface area contributed by atoms with E-state index in [1.54, 1.807) is 43.5 Å². The number of ether oxygens (including phenoxy) is 2. The first kappa shape index (κ1) is 19.9. The highest BCUT2D eigenvalue weighted by atomic mass is 16.5. The van der Waals surface area contributed by atoms with E-state index in [4.69, 9.17) is 9.47 Å². The van der Waals surface area contributed by atoms with Gasteiger partial charge in [0.25, 0.3) is 11.8 Å². The number of amides is 2. The Morgan fingerprint density at radius 3 is 2.28 bits per heavy atom. The molecule has 2 amide bonds. The molecule has 0 heterocycles. The highest BCUT2D eigenvalue weighted by molar-refractivity contribution is 6.05. The van der Waals surface area contributed by atoms with Gasteiger partial charge in [0.2, 0.25) is 0 Å². The molecule has 0 aliphatic carbocycles. The summed E-state index contributed by atoms with van der Waals surface area (Å²) >= 11 is 0. The minimum absolute atomic E-state index is 0.0976. The van der Waals surface area contributed by atoms with Gasteiger partial charge in [-0.15, -0.1) is 0 Å². The van der Waals surface area contributed by atoms with Crippen molar-refractivity contribution >= 4 is 17.5 Å². The van der Waals surface area contributed by atoms with Crippen molar-refractivity contribution < 1.29 is 19.1 Å². The van der Waals surface area contributed by atoms with Gasteiger partial charge in [-0.2, -0.15) is 0 Å². The van der Waals surface area contributed by atoms with E-state index in [0.717, 1.165) is 5.56 Å². The fourth-order valence-corrected chi connectivity index (χ4v) is 2.64. The number of anilines is 1. The average Bonchev–Trinajstić information content (AvgIpc) is 2.77. The van der Waals surface area contributed by atoms with Crippen LogP contribution in [0.4, 0.5) is 5.69 Å². The Balaban J connectivity index is 1.49. The minimum atomic E-state index is -0.262. The number of para-hydroxylation sites is 2. The lowest BCUT2D eigenvalue weighted by Crippen LogP contribution is -2.28. The summed E-state index contributed by atoms with van der Waals surface area (Å²) in [6.45, 7) is 0.352. The molecule has 3 rings (SSSR count). The summed E-state index contributed by atoms with van der Waals surface area (Å²) in [5.74, 6) is 0.615. The zero-order valence-electron chi connectivity index (χ0n) is 16.1. The van der Waals surface area contributed by atoms with Crippen molar-refractivity contribution in [3.63, 3.8) is 0 Å². The van der Waals surface area contributed by atoms with E-state index in [9.17, 15) is 9.59 Å². The van der Waals surface area contributed by atoms with Crippen molar-refractivity contribution in [3.8, 4) is 11.5 Å². The lowest BCUT2D eigenvalue weighted by Gasteiger charge is -2.10. The number of carbonyl (C=O) groups excluding carboxylic acids is 2. The van der Waals surface area contributed by atoms with Crippen molar-refractivity contribution in [2.75, 3.05) is 19.0 Å². The number of methoxy groups -OCH3 is 1. The van der Waals surface area contributed by atoms with Crippen molar-refractivity contribution in [2.45, 2.75) is 6.54 Å². The van der Waals surface area contributed by atoms with E-state index in [1.165, 1.54) is 0 Å². The third-order valence-electron chi connectivity index (χ3n) is 4.17. The van der Waals surface area contributed by atoms with Crippen LogP contribution in [-0.2, 0) is 11.3 Å². The van der Waals surface area contributed by atoms with Crippen LogP contribution in [0.15, 0.2) is 78.9 Å². The molecule has 6 nitrogen and oxygen atoms in total. The van der Waals surface area contributed by atoms with Crippen LogP contribution in [0.25, 0.3) is 0 Å². The van der Waals surface area contributed by atoms with Gasteiger partial charge < -0.3 is 20.1 Å². The largest absolute Gasteiger partial charge is 0.495 e. The Kier molecular flexibility index (Phi) is 6.84. The maximum absolute atomic E-state index is 12.4. The van der Waals surface area contributed by atoms with E-state index < -0.39 is 0 Å². The number of carbonyl (C=O) groups is 2. The number of hydrogen-bond donors (Lipinski definition) is 2. The Labute approximate surface area is 169 Å². The molecule has 29 heavy (non-hydrogen) atoms. The topological polar surface area (TPSA) is 76.7 Å². The Morgan fingerprint density at radius 1 is 0.862 bits per heavy atom. The van der Waals surface area contributed by atoms with E-state index >= 15 is 0 Å². The summed E-state index contributed by atoms with van der Waals surface area (Å²) in [6.07, 6.45) is 0. The number of hydrogen-bond acceptors (Lipinski definition) is 4. The molecule has 0 bridgehead atoms. The van der Waals surface area contributed by atoms with Crippen LogP contribution < -0.4 is 20.1 Å². The highest BCUT2D eigenvalue weighted by Gasteiger charge is 2.10. The Bertz CT molecular complexity index is 956. The SMILES string of the molecule is COc1ccccc1NC(=O)c1ccc(OCC(=O)NCc2ccccc2)cc1. The van der Waals surface area contributed by atoms with Crippen LogP contribution in [0.2, 0.25) is 0 Å². The summed E-state index contributed by atoms with van der Waals surface area (Å²) in [5, 5.41) is 5.61. The zero-order valence-corrected chi connectivity index (χ0v) is 16.1. The second kappa shape index (κ2) is 9.94. The van der Waals surface area contributed by atoms with Gasteiger partial charge in [0.05, 0.1) is 12.8 Å². The van der Waals surface area contributed by atoms with Gasteiger partial charge in [-0.1, -0.05) is 42.5 Å². The normalized spacial score (nSPS) is 10.1. The lowest BCUT2D eigenvalue weighted by molar-refractivity contribution is -0.123. The molecule has 0 atom stereocenters. The van der Waals surface area contributed by atoms with Crippen molar-refractivity contribution in [2.24, 2.45) is 0 Å². The van der Waals surface area contributed by atoms with Crippen LogP contribution in [-0.4, -0.2) is 25.5 Å². The third kappa shape index (κ3) is 5.84. The molecule has 0 fully saturated rings. The van der Waals surface area contributed by atoms with Crippen LogP contribution in [0.5, 0.6) is 11.5 Å². The smallest absolute Gasteiger partial charge is 0.258 e. The molecule has 6 heteroatoms. The first-order valence-electron chi connectivity index (χ1n) is 9.13. The average molecular weight is 390 g/mol. The van der Waals surface area contributed by atoms with Gasteiger partial charge in [-0.25, -0.2) is 0 Å². The van der Waals surface area contributed by atoms with Gasteiger partial charge in [0.1, 0.15) is 11.5 Å². The van der Waals surface area contributed by atoms with Crippen LogP contribution in [0.1, 0.15) is 15.9 Å². The van der Waals surface area contributed by atoms with Gasteiger partial charge in [0.15, 0.2) is 6.61 Å². The van der Waals surface area contributed by atoms with Crippen molar-refractivity contribution in [1.82, 2.24) is 5.32 Å². The van der Waals surface area contributed by atoms with E-state index in [-0.39, 0.29) is 18.4 Å². The molecular weight excluding hydrogens is 368 g/mol. The van der Waals surface area contributed by atoms with Gasteiger partial charge >= 0.3 is 0 Å². The molecule has 3 aromatic rings. The maximum Gasteiger partial charge on any atom is 0.258 e. The fraction of sp³-hybridized carbons (Fsp3) is 0.130. The molecule has 0 spiro atoms. The number of nitrogens with one attached hydrogen (secondary N) is 2. The summed E-state index contributed by atoms with van der Waals surface area (Å²) in [7, 11) is 1.55. The predicted molar refractivity (Wildman–Crippen MR) is 111 cm³/mol. The first-order valence-corrected chi connectivity index (χ1v) is 9.13. The van der Waals surface area contributed by atoms with Crippen LogP contribution in [0.3, 0.4) is 0 Å². The van der Waals surface area contributed by atoms with Crippen LogP contribution >= 0.6 is 0 Å². The Hall–Kier alpha value is -3.80. The molecule has 2 N–H and O–H groups in total. The molecule has 0 radical (unpaired) electrons.